The summed E-state index contributed by atoms with van der Waals surface area (Å²) in [6, 6.07) is 0.551. The molecule has 1 rings (SSSR count). The number of aryl methyl sites for hydroxylation is 1. The van der Waals surface area contributed by atoms with Crippen LogP contribution in [0, 0.1) is 0 Å². The van der Waals surface area contributed by atoms with Gasteiger partial charge in [-0.1, -0.05) is 11.6 Å². The van der Waals surface area contributed by atoms with Crippen LogP contribution in [0.15, 0.2) is 17.1 Å². The molecule has 5 nitrogen and oxygen atoms in total. The molecule has 0 saturated carbocycles. The zero-order valence-electron chi connectivity index (χ0n) is 11.7. The molecule has 0 radical (unpaired) electrons. The van der Waals surface area contributed by atoms with Gasteiger partial charge in [0, 0.05) is 19.9 Å². The summed E-state index contributed by atoms with van der Waals surface area (Å²) in [5, 5.41) is -0.558. The molecule has 0 unspecified atom stereocenters. The molecule has 1 heterocycles. The Labute approximate surface area is 130 Å². The van der Waals surface area contributed by atoms with Gasteiger partial charge < -0.3 is 9.30 Å². The van der Waals surface area contributed by atoms with E-state index >= 15 is 0 Å². The van der Waals surface area contributed by atoms with E-state index < -0.39 is 32.2 Å². The van der Waals surface area contributed by atoms with Crippen molar-refractivity contribution in [3.8, 4) is 0 Å². The first-order chi connectivity index (χ1) is 10.1. The number of rotatable bonds is 7. The molecule has 10 heteroatoms. The number of pyridine rings is 1. The number of sulfone groups is 1. The zero-order chi connectivity index (χ0) is 17.0. The molecule has 0 spiro atoms. The van der Waals surface area contributed by atoms with Crippen LogP contribution < -0.4 is 5.56 Å². The highest BCUT2D eigenvalue weighted by Gasteiger charge is 2.32. The lowest BCUT2D eigenvalue weighted by Crippen LogP contribution is -2.24. The molecule has 0 aromatic carbocycles. The normalized spacial score (nSPS) is 12.6. The molecule has 0 bridgehead atoms. The third-order valence-corrected chi connectivity index (χ3v) is 4.79. The number of hydrogen-bond donors (Lipinski definition) is 0. The van der Waals surface area contributed by atoms with Gasteiger partial charge in [-0.2, -0.15) is 13.2 Å². The summed E-state index contributed by atoms with van der Waals surface area (Å²) in [4.78, 5) is 11.7. The largest absolute Gasteiger partial charge is 0.417 e. The fourth-order valence-corrected chi connectivity index (χ4v) is 3.11. The highest BCUT2D eigenvalue weighted by Crippen LogP contribution is 2.29. The van der Waals surface area contributed by atoms with Crippen LogP contribution in [0.5, 0.6) is 0 Å². The Morgan fingerprint density at radius 3 is 2.50 bits per heavy atom. The Morgan fingerprint density at radius 2 is 1.95 bits per heavy atom. The second-order valence-electron chi connectivity index (χ2n) is 4.57. The molecule has 22 heavy (non-hydrogen) atoms. The van der Waals surface area contributed by atoms with E-state index in [0.717, 1.165) is 4.57 Å². The molecule has 0 atom stereocenters. The monoisotopic (exact) mass is 361 g/mol. The number of nitrogens with zero attached hydrogens (tertiary/aromatic N) is 1. The summed E-state index contributed by atoms with van der Waals surface area (Å²) in [6.45, 7) is -0.133. The molecule has 1 aromatic rings. The summed E-state index contributed by atoms with van der Waals surface area (Å²) in [5.74, 6) is -0.432. The third kappa shape index (κ3) is 5.62. The van der Waals surface area contributed by atoms with Gasteiger partial charge in [-0.05, 0) is 12.5 Å². The van der Waals surface area contributed by atoms with E-state index in [1.807, 2.05) is 0 Å². The highest BCUT2D eigenvalue weighted by atomic mass is 35.5. The molecule has 0 aliphatic carbocycles. The van der Waals surface area contributed by atoms with Gasteiger partial charge in [0.1, 0.15) is 5.02 Å². The van der Waals surface area contributed by atoms with E-state index in [0.29, 0.717) is 12.3 Å². The fourth-order valence-electron chi connectivity index (χ4n) is 1.69. The van der Waals surface area contributed by atoms with Gasteiger partial charge in [0.2, 0.25) is 0 Å². The van der Waals surface area contributed by atoms with Crippen LogP contribution in [0.4, 0.5) is 13.2 Å². The smallest absolute Gasteiger partial charge is 0.384 e. The van der Waals surface area contributed by atoms with Crippen LogP contribution in [0.1, 0.15) is 12.0 Å². The van der Waals surface area contributed by atoms with Crippen LogP contribution >= 0.6 is 11.6 Å². The first kappa shape index (κ1) is 19.0. The van der Waals surface area contributed by atoms with Gasteiger partial charge in [0.25, 0.3) is 5.56 Å². The molecule has 0 fully saturated rings. The van der Waals surface area contributed by atoms with Crippen LogP contribution in [0.25, 0.3) is 0 Å². The predicted molar refractivity (Wildman–Crippen MR) is 75.9 cm³/mol. The van der Waals surface area contributed by atoms with Crippen molar-refractivity contribution >= 4 is 21.4 Å². The predicted octanol–water partition coefficient (Wildman–Crippen LogP) is 1.97. The van der Waals surface area contributed by atoms with Crippen molar-refractivity contribution < 1.29 is 26.3 Å². The van der Waals surface area contributed by atoms with E-state index in [1.165, 1.54) is 7.11 Å². The van der Waals surface area contributed by atoms with Crippen molar-refractivity contribution in [2.45, 2.75) is 19.1 Å². The van der Waals surface area contributed by atoms with E-state index in [1.54, 1.807) is 0 Å². The van der Waals surface area contributed by atoms with Gasteiger partial charge in [-0.15, -0.1) is 0 Å². The Balaban J connectivity index is 2.82. The average Bonchev–Trinajstić information content (AvgIpc) is 2.39. The van der Waals surface area contributed by atoms with Crippen molar-refractivity contribution in [2.24, 2.45) is 0 Å². The summed E-state index contributed by atoms with van der Waals surface area (Å²) >= 11 is 5.49. The molecular formula is C12H15ClF3NO4S. The van der Waals surface area contributed by atoms with E-state index in [4.69, 9.17) is 11.6 Å². The standard InChI is InChI=1S/C12H15ClF3NO4S/c1-21-4-6-22(19,20)5-2-3-17-8-9(12(14,15)16)7-10(13)11(17)18/h7-8H,2-6H2,1H3. The summed E-state index contributed by atoms with van der Waals surface area (Å²) < 4.78 is 66.5. The minimum absolute atomic E-state index is 0.00357. The molecule has 126 valence electrons. The molecule has 0 aliphatic rings. The summed E-state index contributed by atoms with van der Waals surface area (Å²) in [6.07, 6.45) is -4.00. The second-order valence-corrected chi connectivity index (χ2v) is 7.28. The number of methoxy groups -OCH3 is 1. The van der Waals surface area contributed by atoms with Gasteiger partial charge in [-0.25, -0.2) is 8.42 Å². The van der Waals surface area contributed by atoms with Crippen LogP contribution in [0.2, 0.25) is 5.02 Å². The molecule has 0 N–H and O–H groups in total. The summed E-state index contributed by atoms with van der Waals surface area (Å²) in [5.41, 5.74) is -1.84. The molecule has 1 aromatic heterocycles. The van der Waals surface area contributed by atoms with Crippen LogP contribution in [-0.4, -0.2) is 38.2 Å². The van der Waals surface area contributed by atoms with Crippen molar-refractivity contribution in [2.75, 3.05) is 25.2 Å². The molecule has 0 saturated heterocycles. The average molecular weight is 362 g/mol. The van der Waals surface area contributed by atoms with E-state index in [-0.39, 0.29) is 31.1 Å². The lowest BCUT2D eigenvalue weighted by atomic mass is 10.2. The van der Waals surface area contributed by atoms with Crippen molar-refractivity contribution in [3.05, 3.63) is 33.2 Å². The SMILES string of the molecule is COCCS(=O)(=O)CCCn1cc(C(F)(F)F)cc(Cl)c1=O. The van der Waals surface area contributed by atoms with Gasteiger partial charge >= 0.3 is 6.18 Å². The minimum atomic E-state index is -4.64. The van der Waals surface area contributed by atoms with E-state index in [2.05, 4.69) is 4.74 Å². The number of aromatic nitrogens is 1. The molecule has 0 aliphatic heterocycles. The summed E-state index contributed by atoms with van der Waals surface area (Å²) in [7, 11) is -2.01. The second kappa shape index (κ2) is 7.47. The number of alkyl halides is 3. The van der Waals surface area contributed by atoms with Crippen molar-refractivity contribution in [1.29, 1.82) is 0 Å². The fraction of sp³-hybridized carbons (Fsp3) is 0.583. The molecular weight excluding hydrogens is 347 g/mol. The number of halogens is 4. The van der Waals surface area contributed by atoms with Crippen LogP contribution in [-0.2, 0) is 27.3 Å². The van der Waals surface area contributed by atoms with Crippen molar-refractivity contribution in [1.82, 2.24) is 4.57 Å². The molecule has 0 amide bonds. The van der Waals surface area contributed by atoms with Crippen molar-refractivity contribution in [3.63, 3.8) is 0 Å². The topological polar surface area (TPSA) is 65.4 Å². The Kier molecular flexibility index (Phi) is 6.45. The lowest BCUT2D eigenvalue weighted by Gasteiger charge is -2.12. The zero-order valence-corrected chi connectivity index (χ0v) is 13.3. The quantitative estimate of drug-likeness (QED) is 0.744. The van der Waals surface area contributed by atoms with Gasteiger partial charge in [0.05, 0.1) is 23.7 Å². The minimum Gasteiger partial charge on any atom is -0.384 e. The first-order valence-corrected chi connectivity index (χ1v) is 8.43. The maximum absolute atomic E-state index is 12.6. The van der Waals surface area contributed by atoms with E-state index in [9.17, 15) is 26.4 Å². The number of hydrogen-bond acceptors (Lipinski definition) is 4. The van der Waals surface area contributed by atoms with Crippen LogP contribution in [0.3, 0.4) is 0 Å². The maximum atomic E-state index is 12.6. The third-order valence-electron chi connectivity index (χ3n) is 2.82. The maximum Gasteiger partial charge on any atom is 0.417 e. The van der Waals surface area contributed by atoms with Gasteiger partial charge in [-0.3, -0.25) is 4.79 Å². The Bertz CT molecular complexity index is 670. The lowest BCUT2D eigenvalue weighted by molar-refractivity contribution is -0.138. The number of ether oxygens (including phenoxy) is 1. The first-order valence-electron chi connectivity index (χ1n) is 6.23. The highest BCUT2D eigenvalue weighted by molar-refractivity contribution is 7.91. The Hall–Kier alpha value is -1.06. The van der Waals surface area contributed by atoms with Gasteiger partial charge in [0.15, 0.2) is 9.84 Å². The Morgan fingerprint density at radius 1 is 1.32 bits per heavy atom.